The Morgan fingerprint density at radius 1 is 1.29 bits per heavy atom. The summed E-state index contributed by atoms with van der Waals surface area (Å²) in [6.07, 6.45) is 0.0697. The Hall–Kier alpha value is -1.95. The second-order valence-corrected chi connectivity index (χ2v) is 4.33. The molecule has 6 heteroatoms. The van der Waals surface area contributed by atoms with Gasteiger partial charge in [0.25, 0.3) is 0 Å². The van der Waals surface area contributed by atoms with Crippen molar-refractivity contribution in [3.05, 3.63) is 30.3 Å². The largest absolute Gasteiger partial charge is 0.481 e. The van der Waals surface area contributed by atoms with Crippen LogP contribution in [0.5, 0.6) is 0 Å². The third-order valence-electron chi connectivity index (χ3n) is 2.06. The first-order chi connectivity index (χ1) is 8.25. The van der Waals surface area contributed by atoms with E-state index in [1.54, 1.807) is 0 Å². The highest BCUT2D eigenvalue weighted by Gasteiger charge is 2.05. The predicted molar refractivity (Wildman–Crippen MR) is 66.1 cm³/mol. The lowest BCUT2D eigenvalue weighted by Crippen LogP contribution is -2.07. The number of carboxylic acids is 1. The van der Waals surface area contributed by atoms with Crippen LogP contribution in [-0.2, 0) is 4.79 Å². The first-order valence-corrected chi connectivity index (χ1v) is 5.92. The summed E-state index contributed by atoms with van der Waals surface area (Å²) in [5.41, 5.74) is 1.01. The molecule has 2 rings (SSSR count). The van der Waals surface area contributed by atoms with Gasteiger partial charge in [-0.05, 0) is 0 Å². The number of anilines is 1. The molecule has 0 atom stereocenters. The molecular formula is C11H11N3O2S. The Morgan fingerprint density at radius 3 is 2.76 bits per heavy atom. The van der Waals surface area contributed by atoms with Crippen LogP contribution >= 0.6 is 11.3 Å². The molecule has 0 aliphatic heterocycles. The van der Waals surface area contributed by atoms with Crippen LogP contribution in [0, 0.1) is 0 Å². The van der Waals surface area contributed by atoms with E-state index < -0.39 is 5.97 Å². The Labute approximate surface area is 102 Å². The maximum absolute atomic E-state index is 10.3. The van der Waals surface area contributed by atoms with Crippen molar-refractivity contribution in [3.63, 3.8) is 0 Å². The van der Waals surface area contributed by atoms with Crippen LogP contribution < -0.4 is 5.32 Å². The molecule has 0 saturated carbocycles. The molecule has 0 bridgehead atoms. The van der Waals surface area contributed by atoms with Crippen molar-refractivity contribution in [2.24, 2.45) is 0 Å². The first kappa shape index (κ1) is 11.5. The van der Waals surface area contributed by atoms with Crippen molar-refractivity contribution in [2.45, 2.75) is 6.42 Å². The van der Waals surface area contributed by atoms with Gasteiger partial charge in [-0.2, -0.15) is 0 Å². The van der Waals surface area contributed by atoms with E-state index in [0.29, 0.717) is 11.7 Å². The molecule has 2 aromatic rings. The Balaban J connectivity index is 1.99. The highest BCUT2D eigenvalue weighted by atomic mass is 32.1. The smallest absolute Gasteiger partial charge is 0.305 e. The van der Waals surface area contributed by atoms with E-state index in [2.05, 4.69) is 15.5 Å². The standard InChI is InChI=1S/C11H11N3O2S/c15-9(16)6-7-12-11-14-13-10(17-11)8-4-2-1-3-5-8/h1-5H,6-7H2,(H,12,14)(H,15,16). The number of aliphatic carboxylic acids is 1. The summed E-state index contributed by atoms with van der Waals surface area (Å²) in [5, 5.41) is 20.9. The zero-order valence-corrected chi connectivity index (χ0v) is 9.78. The molecule has 0 aliphatic rings. The fourth-order valence-electron chi connectivity index (χ4n) is 1.27. The van der Waals surface area contributed by atoms with Crippen molar-refractivity contribution >= 4 is 22.4 Å². The maximum Gasteiger partial charge on any atom is 0.305 e. The van der Waals surface area contributed by atoms with E-state index in [1.165, 1.54) is 11.3 Å². The molecular weight excluding hydrogens is 238 g/mol. The maximum atomic E-state index is 10.3. The van der Waals surface area contributed by atoms with Gasteiger partial charge in [-0.1, -0.05) is 41.7 Å². The molecule has 1 aromatic heterocycles. The van der Waals surface area contributed by atoms with E-state index >= 15 is 0 Å². The highest BCUT2D eigenvalue weighted by Crippen LogP contribution is 2.25. The summed E-state index contributed by atoms with van der Waals surface area (Å²) in [7, 11) is 0. The van der Waals surface area contributed by atoms with Crippen LogP contribution in [-0.4, -0.2) is 27.8 Å². The average Bonchev–Trinajstić information content (AvgIpc) is 2.78. The number of aromatic nitrogens is 2. The van der Waals surface area contributed by atoms with E-state index in [1.807, 2.05) is 30.3 Å². The van der Waals surface area contributed by atoms with Gasteiger partial charge in [0.2, 0.25) is 5.13 Å². The zero-order valence-electron chi connectivity index (χ0n) is 8.96. The number of hydrogen-bond acceptors (Lipinski definition) is 5. The van der Waals surface area contributed by atoms with Crippen LogP contribution in [0.4, 0.5) is 5.13 Å². The minimum atomic E-state index is -0.828. The lowest BCUT2D eigenvalue weighted by Gasteiger charge is -1.96. The molecule has 0 radical (unpaired) electrons. The Kier molecular flexibility index (Phi) is 3.66. The molecule has 0 fully saturated rings. The molecule has 88 valence electrons. The number of nitrogens with zero attached hydrogens (tertiary/aromatic N) is 2. The van der Waals surface area contributed by atoms with Crippen LogP contribution in [0.25, 0.3) is 10.6 Å². The summed E-state index contributed by atoms with van der Waals surface area (Å²) in [4.78, 5) is 10.3. The minimum absolute atomic E-state index is 0.0697. The number of hydrogen-bond donors (Lipinski definition) is 2. The third kappa shape index (κ3) is 3.25. The molecule has 0 unspecified atom stereocenters. The second kappa shape index (κ2) is 5.40. The topological polar surface area (TPSA) is 75.1 Å². The molecule has 17 heavy (non-hydrogen) atoms. The summed E-state index contributed by atoms with van der Waals surface area (Å²) < 4.78 is 0. The molecule has 0 saturated heterocycles. The van der Waals surface area contributed by atoms with Gasteiger partial charge in [0.1, 0.15) is 5.01 Å². The minimum Gasteiger partial charge on any atom is -0.481 e. The van der Waals surface area contributed by atoms with Gasteiger partial charge in [-0.25, -0.2) is 0 Å². The molecule has 0 amide bonds. The van der Waals surface area contributed by atoms with Crippen LogP contribution in [0.3, 0.4) is 0 Å². The van der Waals surface area contributed by atoms with Crippen molar-refractivity contribution in [3.8, 4) is 10.6 Å². The normalized spacial score (nSPS) is 10.1. The number of rotatable bonds is 5. The quantitative estimate of drug-likeness (QED) is 0.848. The third-order valence-corrected chi connectivity index (χ3v) is 2.99. The van der Waals surface area contributed by atoms with E-state index in [0.717, 1.165) is 10.6 Å². The fraction of sp³-hybridized carbons (Fsp3) is 0.182. The Morgan fingerprint density at radius 2 is 2.06 bits per heavy atom. The van der Waals surface area contributed by atoms with Gasteiger partial charge in [0.05, 0.1) is 6.42 Å². The first-order valence-electron chi connectivity index (χ1n) is 5.10. The zero-order chi connectivity index (χ0) is 12.1. The molecule has 1 aromatic carbocycles. The van der Waals surface area contributed by atoms with Crippen LogP contribution in [0.2, 0.25) is 0 Å². The molecule has 1 heterocycles. The fourth-order valence-corrected chi connectivity index (χ4v) is 2.04. The molecule has 2 N–H and O–H groups in total. The average molecular weight is 249 g/mol. The number of carboxylic acid groups (broad SMARTS) is 1. The van der Waals surface area contributed by atoms with E-state index in [-0.39, 0.29) is 6.42 Å². The molecule has 0 aliphatic carbocycles. The van der Waals surface area contributed by atoms with Crippen molar-refractivity contribution in [2.75, 3.05) is 11.9 Å². The van der Waals surface area contributed by atoms with Crippen LogP contribution in [0.1, 0.15) is 6.42 Å². The molecule has 5 nitrogen and oxygen atoms in total. The van der Waals surface area contributed by atoms with Gasteiger partial charge in [-0.3, -0.25) is 4.79 Å². The van der Waals surface area contributed by atoms with Crippen molar-refractivity contribution in [1.29, 1.82) is 0 Å². The summed E-state index contributed by atoms with van der Waals surface area (Å²) in [6, 6.07) is 9.74. The van der Waals surface area contributed by atoms with Gasteiger partial charge < -0.3 is 10.4 Å². The predicted octanol–water partition coefficient (Wildman–Crippen LogP) is 2.09. The van der Waals surface area contributed by atoms with Crippen molar-refractivity contribution < 1.29 is 9.90 Å². The van der Waals surface area contributed by atoms with E-state index in [9.17, 15) is 4.79 Å². The number of carbonyl (C=O) groups is 1. The van der Waals surface area contributed by atoms with Gasteiger partial charge in [-0.15, -0.1) is 10.2 Å². The lowest BCUT2D eigenvalue weighted by atomic mass is 10.2. The second-order valence-electron chi connectivity index (χ2n) is 3.35. The van der Waals surface area contributed by atoms with Gasteiger partial charge in [0, 0.05) is 12.1 Å². The molecule has 0 spiro atoms. The van der Waals surface area contributed by atoms with Crippen LogP contribution in [0.15, 0.2) is 30.3 Å². The number of nitrogens with one attached hydrogen (secondary N) is 1. The summed E-state index contributed by atoms with van der Waals surface area (Å²) in [5.74, 6) is -0.828. The summed E-state index contributed by atoms with van der Waals surface area (Å²) >= 11 is 1.41. The monoisotopic (exact) mass is 249 g/mol. The SMILES string of the molecule is O=C(O)CCNc1nnc(-c2ccccc2)s1. The van der Waals surface area contributed by atoms with Gasteiger partial charge in [0.15, 0.2) is 0 Å². The van der Waals surface area contributed by atoms with Gasteiger partial charge >= 0.3 is 5.97 Å². The number of benzene rings is 1. The highest BCUT2D eigenvalue weighted by molar-refractivity contribution is 7.18. The summed E-state index contributed by atoms with van der Waals surface area (Å²) in [6.45, 7) is 0.360. The Bertz CT molecular complexity index is 498. The van der Waals surface area contributed by atoms with E-state index in [4.69, 9.17) is 5.11 Å². The lowest BCUT2D eigenvalue weighted by molar-refractivity contribution is -0.136. The van der Waals surface area contributed by atoms with Crippen molar-refractivity contribution in [1.82, 2.24) is 10.2 Å².